The van der Waals surface area contributed by atoms with Crippen LogP contribution in [0.2, 0.25) is 0 Å². The molecule has 1 N–H and O–H groups in total. The van der Waals surface area contributed by atoms with Crippen LogP contribution < -0.4 is 5.32 Å². The van der Waals surface area contributed by atoms with Gasteiger partial charge in [-0.25, -0.2) is 0 Å². The molecule has 1 fully saturated rings. The zero-order valence-electron chi connectivity index (χ0n) is 13.0. The number of benzene rings is 1. The second-order valence-corrected chi connectivity index (χ2v) is 6.68. The van der Waals surface area contributed by atoms with Crippen LogP contribution in [0, 0.1) is 5.92 Å². The molecule has 1 aromatic rings. The predicted octanol–water partition coefficient (Wildman–Crippen LogP) is 2.46. The van der Waals surface area contributed by atoms with Crippen molar-refractivity contribution >= 4 is 5.91 Å². The van der Waals surface area contributed by atoms with E-state index in [4.69, 9.17) is 0 Å². The minimum absolute atomic E-state index is 0.0600. The number of nitrogens with one attached hydrogen (secondary N) is 1. The molecule has 1 amide bonds. The lowest BCUT2D eigenvalue weighted by atomic mass is 9.93. The van der Waals surface area contributed by atoms with Crippen molar-refractivity contribution in [2.75, 3.05) is 13.1 Å². The van der Waals surface area contributed by atoms with Gasteiger partial charge in [-0.2, -0.15) is 0 Å². The van der Waals surface area contributed by atoms with Crippen LogP contribution in [0.25, 0.3) is 0 Å². The van der Waals surface area contributed by atoms with Crippen LogP contribution in [-0.2, 0) is 11.2 Å². The highest BCUT2D eigenvalue weighted by atomic mass is 16.2. The van der Waals surface area contributed by atoms with Crippen LogP contribution in [0.4, 0.5) is 0 Å². The molecule has 1 heterocycles. The standard InChI is InChI=1S/C17H26N2O/c1-13(2)16(20)19-11-15(18-12-17(19,3)4)10-14-8-6-5-7-9-14/h5-9,13,15,18H,10-12H2,1-4H3. The molecule has 1 aliphatic rings. The number of hydrogen-bond donors (Lipinski definition) is 1. The second-order valence-electron chi connectivity index (χ2n) is 6.68. The van der Waals surface area contributed by atoms with Gasteiger partial charge in [0.1, 0.15) is 0 Å². The topological polar surface area (TPSA) is 32.3 Å². The Morgan fingerprint density at radius 2 is 2.00 bits per heavy atom. The highest BCUT2D eigenvalue weighted by Crippen LogP contribution is 2.22. The summed E-state index contributed by atoms with van der Waals surface area (Å²) in [6.07, 6.45) is 0.971. The molecule has 0 aromatic heterocycles. The predicted molar refractivity (Wildman–Crippen MR) is 82.6 cm³/mol. The minimum Gasteiger partial charge on any atom is -0.335 e. The third-order valence-electron chi connectivity index (χ3n) is 4.04. The van der Waals surface area contributed by atoms with E-state index in [1.165, 1.54) is 5.56 Å². The van der Waals surface area contributed by atoms with Crippen LogP contribution in [0.3, 0.4) is 0 Å². The number of amides is 1. The Bertz CT molecular complexity index is 453. The maximum Gasteiger partial charge on any atom is 0.225 e. The van der Waals surface area contributed by atoms with Gasteiger partial charge in [0.2, 0.25) is 5.91 Å². The molecule has 0 aliphatic carbocycles. The van der Waals surface area contributed by atoms with E-state index in [2.05, 4.69) is 48.3 Å². The Labute approximate surface area is 122 Å². The summed E-state index contributed by atoms with van der Waals surface area (Å²) in [5.41, 5.74) is 1.22. The number of rotatable bonds is 3. The largest absolute Gasteiger partial charge is 0.335 e. The zero-order chi connectivity index (χ0) is 14.8. The summed E-state index contributed by atoms with van der Waals surface area (Å²) in [5, 5.41) is 3.59. The van der Waals surface area contributed by atoms with Crippen molar-refractivity contribution in [2.45, 2.75) is 45.7 Å². The molecule has 2 rings (SSSR count). The van der Waals surface area contributed by atoms with E-state index < -0.39 is 0 Å². The fourth-order valence-corrected chi connectivity index (χ4v) is 2.76. The summed E-state index contributed by atoms with van der Waals surface area (Å²) in [7, 11) is 0. The molecule has 1 atom stereocenters. The van der Waals surface area contributed by atoms with Crippen molar-refractivity contribution in [1.29, 1.82) is 0 Å². The van der Waals surface area contributed by atoms with Gasteiger partial charge in [0.15, 0.2) is 0 Å². The monoisotopic (exact) mass is 274 g/mol. The average molecular weight is 274 g/mol. The van der Waals surface area contributed by atoms with Crippen molar-refractivity contribution in [3.05, 3.63) is 35.9 Å². The van der Waals surface area contributed by atoms with Crippen molar-refractivity contribution in [3.8, 4) is 0 Å². The molecule has 110 valence electrons. The van der Waals surface area contributed by atoms with Crippen LogP contribution in [0.1, 0.15) is 33.3 Å². The normalized spacial score (nSPS) is 22.1. The fourth-order valence-electron chi connectivity index (χ4n) is 2.76. The molecule has 3 heteroatoms. The Morgan fingerprint density at radius 3 is 2.60 bits per heavy atom. The molecule has 1 unspecified atom stereocenters. The van der Waals surface area contributed by atoms with E-state index in [9.17, 15) is 4.79 Å². The van der Waals surface area contributed by atoms with E-state index in [0.29, 0.717) is 6.04 Å². The molecule has 0 bridgehead atoms. The van der Waals surface area contributed by atoms with E-state index in [1.54, 1.807) is 0 Å². The summed E-state index contributed by atoms with van der Waals surface area (Å²) in [5.74, 6) is 0.319. The van der Waals surface area contributed by atoms with E-state index >= 15 is 0 Å². The van der Waals surface area contributed by atoms with Crippen molar-refractivity contribution in [3.63, 3.8) is 0 Å². The highest BCUT2D eigenvalue weighted by Gasteiger charge is 2.37. The van der Waals surface area contributed by atoms with Gasteiger partial charge in [0, 0.05) is 30.6 Å². The van der Waals surface area contributed by atoms with E-state index in [-0.39, 0.29) is 17.4 Å². The smallest absolute Gasteiger partial charge is 0.225 e. The van der Waals surface area contributed by atoms with E-state index in [0.717, 1.165) is 19.5 Å². The third-order valence-corrected chi connectivity index (χ3v) is 4.04. The fraction of sp³-hybridized carbons (Fsp3) is 0.588. The molecule has 1 aromatic carbocycles. The van der Waals surface area contributed by atoms with Crippen LogP contribution in [0.15, 0.2) is 30.3 Å². The number of nitrogens with zero attached hydrogens (tertiary/aromatic N) is 1. The Morgan fingerprint density at radius 1 is 1.35 bits per heavy atom. The van der Waals surface area contributed by atoms with Gasteiger partial charge in [-0.1, -0.05) is 44.2 Å². The Hall–Kier alpha value is -1.35. The molecule has 20 heavy (non-hydrogen) atoms. The maximum absolute atomic E-state index is 12.4. The number of hydrogen-bond acceptors (Lipinski definition) is 2. The molecule has 1 aliphatic heterocycles. The van der Waals surface area contributed by atoms with Gasteiger partial charge in [-0.3, -0.25) is 4.79 Å². The van der Waals surface area contributed by atoms with E-state index in [1.807, 2.05) is 19.9 Å². The van der Waals surface area contributed by atoms with Crippen molar-refractivity contribution in [2.24, 2.45) is 5.92 Å². The summed E-state index contributed by atoms with van der Waals surface area (Å²) in [4.78, 5) is 14.5. The first-order valence-electron chi connectivity index (χ1n) is 7.49. The van der Waals surface area contributed by atoms with Crippen LogP contribution >= 0.6 is 0 Å². The molecule has 3 nitrogen and oxygen atoms in total. The number of carbonyl (C=O) groups excluding carboxylic acids is 1. The van der Waals surface area contributed by atoms with Gasteiger partial charge < -0.3 is 10.2 Å². The van der Waals surface area contributed by atoms with Crippen LogP contribution in [-0.4, -0.2) is 35.5 Å². The summed E-state index contributed by atoms with van der Waals surface area (Å²) >= 11 is 0. The molecule has 1 saturated heterocycles. The minimum atomic E-state index is -0.103. The van der Waals surface area contributed by atoms with Gasteiger partial charge in [0.25, 0.3) is 0 Å². The summed E-state index contributed by atoms with van der Waals surface area (Å²) < 4.78 is 0. The van der Waals surface area contributed by atoms with Gasteiger partial charge >= 0.3 is 0 Å². The van der Waals surface area contributed by atoms with Crippen LogP contribution in [0.5, 0.6) is 0 Å². The quantitative estimate of drug-likeness (QED) is 0.918. The molecule has 0 spiro atoms. The molecular formula is C17H26N2O. The van der Waals surface area contributed by atoms with Crippen molar-refractivity contribution in [1.82, 2.24) is 10.2 Å². The van der Waals surface area contributed by atoms with Gasteiger partial charge in [-0.05, 0) is 25.8 Å². The van der Waals surface area contributed by atoms with Gasteiger partial charge in [0.05, 0.1) is 0 Å². The Balaban J connectivity index is 2.06. The lowest BCUT2D eigenvalue weighted by molar-refractivity contribution is -0.142. The molecule has 0 saturated carbocycles. The Kier molecular flexibility index (Phi) is 4.48. The number of piperazine rings is 1. The van der Waals surface area contributed by atoms with Crippen molar-refractivity contribution < 1.29 is 4.79 Å². The molecular weight excluding hydrogens is 248 g/mol. The first-order chi connectivity index (χ1) is 9.40. The average Bonchev–Trinajstić information content (AvgIpc) is 2.41. The van der Waals surface area contributed by atoms with Gasteiger partial charge in [-0.15, -0.1) is 0 Å². The molecule has 0 radical (unpaired) electrons. The lowest BCUT2D eigenvalue weighted by Gasteiger charge is -2.47. The highest BCUT2D eigenvalue weighted by molar-refractivity contribution is 5.79. The number of carbonyl (C=O) groups is 1. The zero-order valence-corrected chi connectivity index (χ0v) is 13.0. The third kappa shape index (κ3) is 3.40. The maximum atomic E-state index is 12.4. The summed E-state index contributed by atoms with van der Waals surface area (Å²) in [6.45, 7) is 9.87. The second kappa shape index (κ2) is 5.96. The first kappa shape index (κ1) is 15.0. The SMILES string of the molecule is CC(C)C(=O)N1CC(Cc2ccccc2)NCC1(C)C. The lowest BCUT2D eigenvalue weighted by Crippen LogP contribution is -2.64. The first-order valence-corrected chi connectivity index (χ1v) is 7.49. The summed E-state index contributed by atoms with van der Waals surface area (Å²) in [6, 6.07) is 10.8.